The quantitative estimate of drug-likeness (QED) is 0.892. The van der Waals surface area contributed by atoms with Crippen molar-refractivity contribution in [3.8, 4) is 0 Å². The first-order valence-corrected chi connectivity index (χ1v) is 6.57. The second kappa shape index (κ2) is 6.23. The van der Waals surface area contributed by atoms with Gasteiger partial charge in [-0.25, -0.2) is 0 Å². The predicted octanol–water partition coefficient (Wildman–Crippen LogP) is 3.38. The second-order valence-corrected chi connectivity index (χ2v) is 4.88. The molecule has 1 heterocycles. The molecule has 0 atom stereocenters. The number of hydrogen-bond donors (Lipinski definition) is 1. The third-order valence-corrected chi connectivity index (χ3v) is 3.09. The van der Waals surface area contributed by atoms with E-state index >= 15 is 0 Å². The van der Waals surface area contributed by atoms with Crippen LogP contribution in [-0.2, 0) is 6.42 Å². The molecule has 0 radical (unpaired) electrons. The van der Waals surface area contributed by atoms with E-state index in [4.69, 9.17) is 4.42 Å². The molecule has 2 aromatic rings. The molecule has 19 heavy (non-hydrogen) atoms. The van der Waals surface area contributed by atoms with Crippen LogP contribution in [0.2, 0.25) is 0 Å². The van der Waals surface area contributed by atoms with Crippen LogP contribution >= 0.6 is 0 Å². The van der Waals surface area contributed by atoms with Crippen LogP contribution in [0.1, 0.15) is 41.4 Å². The van der Waals surface area contributed by atoms with Gasteiger partial charge in [-0.15, -0.1) is 0 Å². The number of benzene rings is 1. The highest BCUT2D eigenvalue weighted by atomic mass is 16.3. The summed E-state index contributed by atoms with van der Waals surface area (Å²) >= 11 is 0. The van der Waals surface area contributed by atoms with Gasteiger partial charge in [0.25, 0.3) is 5.91 Å². The Morgan fingerprint density at radius 1 is 1.21 bits per heavy atom. The Morgan fingerprint density at radius 3 is 2.53 bits per heavy atom. The number of carbonyl (C=O) groups is 1. The van der Waals surface area contributed by atoms with Crippen molar-refractivity contribution in [2.45, 2.75) is 26.2 Å². The SMILES string of the molecule is CC(C)c1ccc(CCNC(=O)c2ccco2)cc1. The number of rotatable bonds is 5. The first kappa shape index (κ1) is 13.4. The van der Waals surface area contributed by atoms with E-state index in [2.05, 4.69) is 43.4 Å². The van der Waals surface area contributed by atoms with E-state index in [0.717, 1.165) is 6.42 Å². The average molecular weight is 257 g/mol. The molecule has 3 nitrogen and oxygen atoms in total. The van der Waals surface area contributed by atoms with Crippen LogP contribution in [0.5, 0.6) is 0 Å². The molecule has 1 aromatic heterocycles. The molecule has 0 aliphatic rings. The van der Waals surface area contributed by atoms with Crippen LogP contribution in [0.25, 0.3) is 0 Å². The lowest BCUT2D eigenvalue weighted by Crippen LogP contribution is -2.25. The van der Waals surface area contributed by atoms with Crippen LogP contribution in [-0.4, -0.2) is 12.5 Å². The van der Waals surface area contributed by atoms with Gasteiger partial charge in [-0.3, -0.25) is 4.79 Å². The first-order valence-electron chi connectivity index (χ1n) is 6.57. The van der Waals surface area contributed by atoms with Gasteiger partial charge < -0.3 is 9.73 Å². The molecule has 2 rings (SSSR count). The number of carbonyl (C=O) groups excluding carboxylic acids is 1. The smallest absolute Gasteiger partial charge is 0.286 e. The third kappa shape index (κ3) is 3.71. The molecule has 100 valence electrons. The third-order valence-electron chi connectivity index (χ3n) is 3.09. The highest BCUT2D eigenvalue weighted by Gasteiger charge is 2.07. The predicted molar refractivity (Wildman–Crippen MR) is 75.3 cm³/mol. The van der Waals surface area contributed by atoms with Crippen molar-refractivity contribution in [1.29, 1.82) is 0 Å². The highest BCUT2D eigenvalue weighted by molar-refractivity contribution is 5.91. The second-order valence-electron chi connectivity index (χ2n) is 4.88. The molecule has 3 heteroatoms. The molecule has 0 unspecified atom stereocenters. The Hall–Kier alpha value is -2.03. The molecule has 0 saturated heterocycles. The monoisotopic (exact) mass is 257 g/mol. The van der Waals surface area contributed by atoms with Crippen LogP contribution < -0.4 is 5.32 Å². The Kier molecular flexibility index (Phi) is 4.39. The molecule has 1 N–H and O–H groups in total. The summed E-state index contributed by atoms with van der Waals surface area (Å²) in [6.07, 6.45) is 2.32. The molecule has 1 aromatic carbocycles. The fraction of sp³-hybridized carbons (Fsp3) is 0.312. The van der Waals surface area contributed by atoms with Crippen molar-refractivity contribution < 1.29 is 9.21 Å². The zero-order valence-corrected chi connectivity index (χ0v) is 11.3. The summed E-state index contributed by atoms with van der Waals surface area (Å²) in [6, 6.07) is 11.9. The first-order chi connectivity index (χ1) is 9.16. The zero-order valence-electron chi connectivity index (χ0n) is 11.3. The normalized spacial score (nSPS) is 10.7. The van der Waals surface area contributed by atoms with Gasteiger partial charge in [0.05, 0.1) is 6.26 Å². The fourth-order valence-electron chi connectivity index (χ4n) is 1.88. The van der Waals surface area contributed by atoms with Crippen LogP contribution in [0.3, 0.4) is 0 Å². The van der Waals surface area contributed by atoms with Crippen LogP contribution in [0.15, 0.2) is 47.1 Å². The Labute approximate surface area is 113 Å². The van der Waals surface area contributed by atoms with Gasteiger partial charge in [-0.2, -0.15) is 0 Å². The lowest BCUT2D eigenvalue weighted by Gasteiger charge is -2.07. The molecule has 0 saturated carbocycles. The molecule has 0 aliphatic carbocycles. The van der Waals surface area contributed by atoms with Gasteiger partial charge in [0.1, 0.15) is 0 Å². The van der Waals surface area contributed by atoms with Crippen molar-refractivity contribution in [3.63, 3.8) is 0 Å². The topological polar surface area (TPSA) is 42.2 Å². The van der Waals surface area contributed by atoms with E-state index in [1.54, 1.807) is 12.1 Å². The van der Waals surface area contributed by atoms with E-state index in [1.165, 1.54) is 17.4 Å². The lowest BCUT2D eigenvalue weighted by molar-refractivity contribution is 0.0926. The molecule has 1 amide bonds. The molecule has 0 bridgehead atoms. The van der Waals surface area contributed by atoms with Gasteiger partial charge in [-0.05, 0) is 35.6 Å². The summed E-state index contributed by atoms with van der Waals surface area (Å²) in [4.78, 5) is 11.6. The minimum atomic E-state index is -0.163. The minimum absolute atomic E-state index is 0.163. The van der Waals surface area contributed by atoms with Gasteiger partial charge in [-0.1, -0.05) is 38.1 Å². The number of hydrogen-bond acceptors (Lipinski definition) is 2. The summed E-state index contributed by atoms with van der Waals surface area (Å²) in [5.74, 6) is 0.742. The minimum Gasteiger partial charge on any atom is -0.459 e. The molecule has 0 aliphatic heterocycles. The number of amides is 1. The summed E-state index contributed by atoms with van der Waals surface area (Å²) in [7, 11) is 0. The van der Waals surface area contributed by atoms with Gasteiger partial charge in [0.2, 0.25) is 0 Å². The number of nitrogens with one attached hydrogen (secondary N) is 1. The van der Waals surface area contributed by atoms with Crippen molar-refractivity contribution in [1.82, 2.24) is 5.32 Å². The Morgan fingerprint density at radius 2 is 1.95 bits per heavy atom. The maximum Gasteiger partial charge on any atom is 0.286 e. The molecule has 0 spiro atoms. The van der Waals surface area contributed by atoms with E-state index in [-0.39, 0.29) is 5.91 Å². The highest BCUT2D eigenvalue weighted by Crippen LogP contribution is 2.14. The van der Waals surface area contributed by atoms with Crippen molar-refractivity contribution >= 4 is 5.91 Å². The zero-order chi connectivity index (χ0) is 13.7. The fourth-order valence-corrected chi connectivity index (χ4v) is 1.88. The maximum absolute atomic E-state index is 11.6. The average Bonchev–Trinajstić information content (AvgIpc) is 2.93. The van der Waals surface area contributed by atoms with E-state index in [0.29, 0.717) is 18.2 Å². The van der Waals surface area contributed by atoms with Crippen LogP contribution in [0.4, 0.5) is 0 Å². The van der Waals surface area contributed by atoms with Crippen molar-refractivity contribution in [2.75, 3.05) is 6.54 Å². The lowest BCUT2D eigenvalue weighted by atomic mass is 10.0. The van der Waals surface area contributed by atoms with Crippen molar-refractivity contribution in [2.24, 2.45) is 0 Å². The molecular weight excluding hydrogens is 238 g/mol. The van der Waals surface area contributed by atoms with Gasteiger partial charge >= 0.3 is 0 Å². The Balaban J connectivity index is 1.81. The van der Waals surface area contributed by atoms with Gasteiger partial charge in [0.15, 0.2) is 5.76 Å². The maximum atomic E-state index is 11.6. The van der Waals surface area contributed by atoms with E-state index in [1.807, 2.05) is 0 Å². The summed E-state index contributed by atoms with van der Waals surface area (Å²) in [5, 5.41) is 2.84. The summed E-state index contributed by atoms with van der Waals surface area (Å²) in [6.45, 7) is 4.97. The van der Waals surface area contributed by atoms with Crippen LogP contribution in [0, 0.1) is 0 Å². The van der Waals surface area contributed by atoms with Gasteiger partial charge in [0, 0.05) is 6.54 Å². The number of furan rings is 1. The molecular formula is C16H19NO2. The standard InChI is InChI=1S/C16H19NO2/c1-12(2)14-7-5-13(6-8-14)9-10-17-16(18)15-4-3-11-19-15/h3-8,11-12H,9-10H2,1-2H3,(H,17,18). The molecule has 0 fully saturated rings. The summed E-state index contributed by atoms with van der Waals surface area (Å²) < 4.78 is 5.03. The Bertz CT molecular complexity index is 512. The summed E-state index contributed by atoms with van der Waals surface area (Å²) in [5.41, 5.74) is 2.56. The van der Waals surface area contributed by atoms with E-state index < -0.39 is 0 Å². The van der Waals surface area contributed by atoms with Crippen molar-refractivity contribution in [3.05, 3.63) is 59.5 Å². The van der Waals surface area contributed by atoms with E-state index in [9.17, 15) is 4.79 Å². The largest absolute Gasteiger partial charge is 0.459 e.